The monoisotopic (exact) mass is 311 g/mol. The first-order valence-electron chi connectivity index (χ1n) is 7.72. The number of amides is 1. The van der Waals surface area contributed by atoms with E-state index in [0.29, 0.717) is 12.0 Å². The summed E-state index contributed by atoms with van der Waals surface area (Å²) in [5.74, 6) is -1.30. The van der Waals surface area contributed by atoms with Gasteiger partial charge in [-0.05, 0) is 24.0 Å². The number of hydrogen-bond donors (Lipinski definition) is 2. The fraction of sp³-hybridized carbons (Fsp3) is 0.263. The number of carboxylic acid groups (broad SMARTS) is 1. The van der Waals surface area contributed by atoms with E-state index in [2.05, 4.69) is 5.32 Å². The van der Waals surface area contributed by atoms with E-state index in [-0.39, 0.29) is 18.7 Å². The van der Waals surface area contributed by atoms with Crippen LogP contribution < -0.4 is 5.32 Å². The van der Waals surface area contributed by atoms with Crippen LogP contribution in [0.4, 0.5) is 0 Å². The second-order valence-corrected chi connectivity index (χ2v) is 5.46. The lowest BCUT2D eigenvalue weighted by Crippen LogP contribution is -2.51. The first-order valence-corrected chi connectivity index (χ1v) is 7.72. The molecule has 2 aromatic carbocycles. The quantitative estimate of drug-likeness (QED) is 0.825. The van der Waals surface area contributed by atoms with Crippen LogP contribution in [0.1, 0.15) is 30.9 Å². The molecular weight excluding hydrogens is 290 g/mol. The van der Waals surface area contributed by atoms with Crippen LogP contribution in [-0.4, -0.2) is 17.0 Å². The Balaban J connectivity index is 2.12. The fourth-order valence-corrected chi connectivity index (χ4v) is 2.62. The molecule has 0 radical (unpaired) electrons. The van der Waals surface area contributed by atoms with Gasteiger partial charge in [-0.15, -0.1) is 0 Å². The number of carbonyl (C=O) groups excluding carboxylic acids is 1. The predicted molar refractivity (Wildman–Crippen MR) is 89.0 cm³/mol. The van der Waals surface area contributed by atoms with Gasteiger partial charge in [0.2, 0.25) is 5.91 Å². The standard InChI is InChI=1S/C19H21NO3/c1-2-19(18(22)23,16-11-7-4-8-12-16)20-17(21)14-13-15-9-5-3-6-10-15/h3-12H,2,13-14H2,1H3,(H,20,21)(H,22,23). The zero-order valence-electron chi connectivity index (χ0n) is 13.2. The van der Waals surface area contributed by atoms with Gasteiger partial charge in [0.15, 0.2) is 5.54 Å². The van der Waals surface area contributed by atoms with E-state index in [1.54, 1.807) is 31.2 Å². The normalized spacial score (nSPS) is 13.1. The SMILES string of the molecule is CCC(NC(=O)CCc1ccccc1)(C(=O)O)c1ccccc1. The number of nitrogens with one attached hydrogen (secondary N) is 1. The maximum Gasteiger partial charge on any atom is 0.334 e. The molecule has 23 heavy (non-hydrogen) atoms. The third-order valence-electron chi connectivity index (χ3n) is 4.00. The van der Waals surface area contributed by atoms with E-state index in [4.69, 9.17) is 0 Å². The Labute approximate surface area is 136 Å². The number of hydrogen-bond acceptors (Lipinski definition) is 2. The molecule has 1 atom stereocenters. The van der Waals surface area contributed by atoms with Crippen molar-refractivity contribution < 1.29 is 14.7 Å². The molecule has 1 amide bonds. The van der Waals surface area contributed by atoms with Gasteiger partial charge < -0.3 is 10.4 Å². The van der Waals surface area contributed by atoms with Gasteiger partial charge >= 0.3 is 5.97 Å². The fourth-order valence-electron chi connectivity index (χ4n) is 2.62. The molecule has 0 bridgehead atoms. The third kappa shape index (κ3) is 3.97. The van der Waals surface area contributed by atoms with Gasteiger partial charge in [-0.25, -0.2) is 4.79 Å². The van der Waals surface area contributed by atoms with Gasteiger partial charge in [-0.2, -0.15) is 0 Å². The summed E-state index contributed by atoms with van der Waals surface area (Å²) in [6, 6.07) is 18.5. The molecule has 2 rings (SSSR count). The molecular formula is C19H21NO3. The minimum Gasteiger partial charge on any atom is -0.479 e. The van der Waals surface area contributed by atoms with E-state index in [0.717, 1.165) is 5.56 Å². The lowest BCUT2D eigenvalue weighted by Gasteiger charge is -2.30. The second-order valence-electron chi connectivity index (χ2n) is 5.46. The summed E-state index contributed by atoms with van der Waals surface area (Å²) >= 11 is 0. The minimum absolute atomic E-state index is 0.256. The highest BCUT2D eigenvalue weighted by molar-refractivity contribution is 5.88. The Bertz CT molecular complexity index is 655. The molecule has 0 saturated carbocycles. The topological polar surface area (TPSA) is 66.4 Å². The predicted octanol–water partition coefficient (Wildman–Crippen LogP) is 3.13. The number of aryl methyl sites for hydroxylation is 1. The average molecular weight is 311 g/mol. The summed E-state index contributed by atoms with van der Waals surface area (Å²) in [5, 5.41) is 12.4. The van der Waals surface area contributed by atoms with Crippen molar-refractivity contribution in [3.63, 3.8) is 0 Å². The Morgan fingerprint density at radius 3 is 2.09 bits per heavy atom. The van der Waals surface area contributed by atoms with Gasteiger partial charge in [0.1, 0.15) is 0 Å². The largest absolute Gasteiger partial charge is 0.479 e. The van der Waals surface area contributed by atoms with E-state index in [1.807, 2.05) is 36.4 Å². The smallest absolute Gasteiger partial charge is 0.334 e. The molecule has 0 fully saturated rings. The molecule has 2 aromatic rings. The number of aliphatic carboxylic acids is 1. The molecule has 0 saturated heterocycles. The van der Waals surface area contributed by atoms with E-state index < -0.39 is 11.5 Å². The minimum atomic E-state index is -1.38. The van der Waals surface area contributed by atoms with Crippen molar-refractivity contribution in [3.05, 3.63) is 71.8 Å². The summed E-state index contributed by atoms with van der Waals surface area (Å²) in [4.78, 5) is 24.1. The van der Waals surface area contributed by atoms with Crippen LogP contribution in [0.2, 0.25) is 0 Å². The molecule has 4 heteroatoms. The Morgan fingerprint density at radius 1 is 1.00 bits per heavy atom. The molecule has 0 spiro atoms. The van der Waals surface area contributed by atoms with Crippen molar-refractivity contribution in [1.29, 1.82) is 0 Å². The summed E-state index contributed by atoms with van der Waals surface area (Å²) in [6.07, 6.45) is 1.12. The molecule has 1 unspecified atom stereocenters. The van der Waals surface area contributed by atoms with Crippen LogP contribution in [0.3, 0.4) is 0 Å². The maximum atomic E-state index is 12.3. The molecule has 0 aromatic heterocycles. The number of benzene rings is 2. The Hall–Kier alpha value is -2.62. The number of rotatable bonds is 7. The molecule has 4 nitrogen and oxygen atoms in total. The highest BCUT2D eigenvalue weighted by Gasteiger charge is 2.39. The summed E-state index contributed by atoms with van der Waals surface area (Å²) in [5.41, 5.74) is 0.262. The lowest BCUT2D eigenvalue weighted by molar-refractivity contribution is -0.148. The molecule has 0 heterocycles. The highest BCUT2D eigenvalue weighted by Crippen LogP contribution is 2.25. The van der Waals surface area contributed by atoms with E-state index >= 15 is 0 Å². The average Bonchev–Trinajstić information content (AvgIpc) is 2.59. The van der Waals surface area contributed by atoms with E-state index in [9.17, 15) is 14.7 Å². The van der Waals surface area contributed by atoms with E-state index in [1.165, 1.54) is 0 Å². The van der Waals surface area contributed by atoms with Crippen LogP contribution in [0, 0.1) is 0 Å². The van der Waals surface area contributed by atoms with Crippen LogP contribution in [0.25, 0.3) is 0 Å². The molecule has 120 valence electrons. The van der Waals surface area contributed by atoms with Crippen LogP contribution in [0.5, 0.6) is 0 Å². The van der Waals surface area contributed by atoms with Gasteiger partial charge in [0, 0.05) is 6.42 Å². The molecule has 0 aliphatic rings. The summed E-state index contributed by atoms with van der Waals surface area (Å²) < 4.78 is 0. The van der Waals surface area contributed by atoms with Crippen molar-refractivity contribution in [2.24, 2.45) is 0 Å². The molecule has 0 aliphatic heterocycles. The lowest BCUT2D eigenvalue weighted by atomic mass is 9.87. The zero-order chi connectivity index (χ0) is 16.7. The zero-order valence-corrected chi connectivity index (χ0v) is 13.2. The van der Waals surface area contributed by atoms with Gasteiger partial charge in [0.05, 0.1) is 0 Å². The van der Waals surface area contributed by atoms with Crippen molar-refractivity contribution >= 4 is 11.9 Å². The molecule has 0 aliphatic carbocycles. The summed E-state index contributed by atoms with van der Waals surface area (Å²) in [6.45, 7) is 1.76. The van der Waals surface area contributed by atoms with Crippen LogP contribution >= 0.6 is 0 Å². The Kier molecular flexibility index (Phi) is 5.52. The van der Waals surface area contributed by atoms with Crippen molar-refractivity contribution in [2.75, 3.05) is 0 Å². The number of carboxylic acids is 1. The van der Waals surface area contributed by atoms with Gasteiger partial charge in [-0.3, -0.25) is 4.79 Å². The second kappa shape index (κ2) is 7.58. The maximum absolute atomic E-state index is 12.3. The van der Waals surface area contributed by atoms with Crippen molar-refractivity contribution in [2.45, 2.75) is 31.7 Å². The van der Waals surface area contributed by atoms with Crippen LogP contribution in [-0.2, 0) is 21.5 Å². The first kappa shape index (κ1) is 16.7. The van der Waals surface area contributed by atoms with Crippen molar-refractivity contribution in [3.8, 4) is 0 Å². The van der Waals surface area contributed by atoms with Crippen molar-refractivity contribution in [1.82, 2.24) is 5.32 Å². The first-order chi connectivity index (χ1) is 11.1. The van der Waals surface area contributed by atoms with Crippen LogP contribution in [0.15, 0.2) is 60.7 Å². The van der Waals surface area contributed by atoms with Gasteiger partial charge in [0.25, 0.3) is 0 Å². The number of carbonyl (C=O) groups is 2. The molecule has 2 N–H and O–H groups in total. The highest BCUT2D eigenvalue weighted by atomic mass is 16.4. The Morgan fingerprint density at radius 2 is 1.57 bits per heavy atom. The third-order valence-corrected chi connectivity index (χ3v) is 4.00. The van der Waals surface area contributed by atoms with Gasteiger partial charge in [-0.1, -0.05) is 67.6 Å². The summed E-state index contributed by atoms with van der Waals surface area (Å²) in [7, 11) is 0.